The van der Waals surface area contributed by atoms with Crippen molar-refractivity contribution in [3.63, 3.8) is 0 Å². The van der Waals surface area contributed by atoms with Crippen LogP contribution in [0.3, 0.4) is 0 Å². The van der Waals surface area contributed by atoms with Crippen LogP contribution in [-0.2, 0) is 11.3 Å². The van der Waals surface area contributed by atoms with Gasteiger partial charge in [0.15, 0.2) is 5.82 Å². The van der Waals surface area contributed by atoms with Gasteiger partial charge in [0.2, 0.25) is 5.91 Å². The molecule has 1 aliphatic heterocycles. The van der Waals surface area contributed by atoms with Gasteiger partial charge < -0.3 is 9.47 Å². The number of nitrogens with zero attached hydrogens (tertiary/aromatic N) is 4. The molecule has 0 saturated carbocycles. The molecule has 1 aromatic carbocycles. The molecule has 0 bridgehead atoms. The molecule has 1 saturated heterocycles. The predicted octanol–water partition coefficient (Wildman–Crippen LogP) is 1.42. The van der Waals surface area contributed by atoms with E-state index in [4.69, 9.17) is 0 Å². The predicted molar refractivity (Wildman–Crippen MR) is 90.7 cm³/mol. The van der Waals surface area contributed by atoms with Crippen molar-refractivity contribution in [1.82, 2.24) is 30.5 Å². The lowest BCUT2D eigenvalue weighted by molar-refractivity contribution is -0.134. The van der Waals surface area contributed by atoms with Crippen molar-refractivity contribution < 1.29 is 9.18 Å². The van der Waals surface area contributed by atoms with Gasteiger partial charge in [-0.05, 0) is 31.5 Å². The standard InChI is InChI=1S/C17H23FN6O/c1-11(2)24-10-20-21-15(24)9-23(3)17(25)14-8-19-22-16(14)12-5-4-6-13(18)7-12/h4-7,10-11,14,16,19,22H,8-9H2,1-3H3. The highest BCUT2D eigenvalue weighted by atomic mass is 19.1. The summed E-state index contributed by atoms with van der Waals surface area (Å²) in [6, 6.07) is 6.29. The summed E-state index contributed by atoms with van der Waals surface area (Å²) in [4.78, 5) is 14.6. The van der Waals surface area contributed by atoms with Crippen LogP contribution < -0.4 is 10.9 Å². The van der Waals surface area contributed by atoms with Gasteiger partial charge in [-0.3, -0.25) is 10.2 Å². The lowest BCUT2D eigenvalue weighted by atomic mass is 9.93. The molecule has 0 radical (unpaired) electrons. The number of hydrazine groups is 1. The highest BCUT2D eigenvalue weighted by Gasteiger charge is 2.36. The van der Waals surface area contributed by atoms with Gasteiger partial charge in [0.05, 0.1) is 18.5 Å². The molecule has 0 spiro atoms. The van der Waals surface area contributed by atoms with E-state index in [2.05, 4.69) is 21.0 Å². The number of nitrogens with one attached hydrogen (secondary N) is 2. The maximum Gasteiger partial charge on any atom is 0.229 e. The molecule has 1 aliphatic rings. The van der Waals surface area contributed by atoms with Gasteiger partial charge in [0, 0.05) is 19.6 Å². The van der Waals surface area contributed by atoms with Gasteiger partial charge >= 0.3 is 0 Å². The second-order valence-corrected chi connectivity index (χ2v) is 6.61. The molecule has 1 aromatic heterocycles. The fourth-order valence-corrected chi connectivity index (χ4v) is 3.13. The first-order chi connectivity index (χ1) is 12.0. The first-order valence-electron chi connectivity index (χ1n) is 8.34. The van der Waals surface area contributed by atoms with E-state index in [1.165, 1.54) is 12.1 Å². The SMILES string of the molecule is CC(C)n1cnnc1CN(C)C(=O)C1CNNC1c1cccc(F)c1. The van der Waals surface area contributed by atoms with Crippen LogP contribution in [0.4, 0.5) is 4.39 Å². The van der Waals surface area contributed by atoms with E-state index >= 15 is 0 Å². The Morgan fingerprint density at radius 3 is 3.00 bits per heavy atom. The molecule has 3 rings (SSSR count). The lowest BCUT2D eigenvalue weighted by Gasteiger charge is -2.24. The molecular weight excluding hydrogens is 323 g/mol. The number of hydrogen-bond donors (Lipinski definition) is 2. The number of rotatable bonds is 5. The zero-order valence-corrected chi connectivity index (χ0v) is 14.6. The van der Waals surface area contributed by atoms with E-state index in [1.807, 2.05) is 24.5 Å². The van der Waals surface area contributed by atoms with Gasteiger partial charge in [-0.15, -0.1) is 10.2 Å². The minimum absolute atomic E-state index is 0.0231. The van der Waals surface area contributed by atoms with Crippen LogP contribution in [0.2, 0.25) is 0 Å². The monoisotopic (exact) mass is 346 g/mol. The summed E-state index contributed by atoms with van der Waals surface area (Å²) >= 11 is 0. The maximum absolute atomic E-state index is 13.5. The number of carbonyl (C=O) groups excluding carboxylic acids is 1. The Kier molecular flexibility index (Phi) is 5.10. The summed E-state index contributed by atoms with van der Waals surface area (Å²) in [6.45, 7) is 4.95. The smallest absolute Gasteiger partial charge is 0.229 e. The molecule has 1 fully saturated rings. The Labute approximate surface area is 146 Å². The Morgan fingerprint density at radius 2 is 2.28 bits per heavy atom. The topological polar surface area (TPSA) is 75.1 Å². The number of carbonyl (C=O) groups is 1. The van der Waals surface area contributed by atoms with E-state index in [0.29, 0.717) is 13.1 Å². The first kappa shape index (κ1) is 17.5. The van der Waals surface area contributed by atoms with Gasteiger partial charge in [0.1, 0.15) is 12.1 Å². The van der Waals surface area contributed by atoms with E-state index in [1.54, 1.807) is 24.3 Å². The van der Waals surface area contributed by atoms with Crippen LogP contribution in [0.25, 0.3) is 0 Å². The highest BCUT2D eigenvalue weighted by molar-refractivity contribution is 5.80. The summed E-state index contributed by atoms with van der Waals surface area (Å²) in [5, 5.41) is 8.05. The van der Waals surface area contributed by atoms with Crippen LogP contribution in [0.1, 0.15) is 37.3 Å². The van der Waals surface area contributed by atoms with Crippen molar-refractivity contribution in [3.8, 4) is 0 Å². The fraction of sp³-hybridized carbons (Fsp3) is 0.471. The largest absolute Gasteiger partial charge is 0.338 e. The van der Waals surface area contributed by atoms with Crippen molar-refractivity contribution in [2.45, 2.75) is 32.5 Å². The molecule has 1 amide bonds. The maximum atomic E-state index is 13.5. The molecule has 134 valence electrons. The van der Waals surface area contributed by atoms with E-state index in [9.17, 15) is 9.18 Å². The van der Waals surface area contributed by atoms with Crippen LogP contribution in [0, 0.1) is 11.7 Å². The third-order valence-electron chi connectivity index (χ3n) is 4.47. The van der Waals surface area contributed by atoms with Gasteiger partial charge in [-0.1, -0.05) is 12.1 Å². The Hall–Kier alpha value is -2.32. The van der Waals surface area contributed by atoms with Crippen molar-refractivity contribution >= 4 is 5.91 Å². The van der Waals surface area contributed by atoms with Crippen LogP contribution in [0.5, 0.6) is 0 Å². The Bertz CT molecular complexity index is 746. The zero-order valence-electron chi connectivity index (χ0n) is 14.6. The van der Waals surface area contributed by atoms with E-state index in [0.717, 1.165) is 11.4 Å². The molecule has 25 heavy (non-hydrogen) atoms. The summed E-state index contributed by atoms with van der Waals surface area (Å²) in [7, 11) is 1.75. The van der Waals surface area contributed by atoms with E-state index in [-0.39, 0.29) is 29.7 Å². The van der Waals surface area contributed by atoms with Crippen LogP contribution in [0.15, 0.2) is 30.6 Å². The van der Waals surface area contributed by atoms with Gasteiger partial charge in [-0.25, -0.2) is 9.82 Å². The number of halogens is 1. The number of hydrogen-bond acceptors (Lipinski definition) is 5. The quantitative estimate of drug-likeness (QED) is 0.856. The number of amides is 1. The van der Waals surface area contributed by atoms with Crippen molar-refractivity contribution in [2.24, 2.45) is 5.92 Å². The average Bonchev–Trinajstić information content (AvgIpc) is 3.23. The average molecular weight is 346 g/mol. The zero-order chi connectivity index (χ0) is 18.0. The van der Waals surface area contributed by atoms with Crippen LogP contribution >= 0.6 is 0 Å². The lowest BCUT2D eigenvalue weighted by Crippen LogP contribution is -2.37. The second-order valence-electron chi connectivity index (χ2n) is 6.61. The first-order valence-corrected chi connectivity index (χ1v) is 8.34. The molecule has 2 atom stereocenters. The Morgan fingerprint density at radius 1 is 1.48 bits per heavy atom. The van der Waals surface area contributed by atoms with Crippen molar-refractivity contribution in [1.29, 1.82) is 0 Å². The Balaban J connectivity index is 1.73. The second kappa shape index (κ2) is 7.28. The molecule has 7 nitrogen and oxygen atoms in total. The summed E-state index contributed by atoms with van der Waals surface area (Å²) in [5.74, 6) is 0.0927. The minimum atomic E-state index is -0.317. The van der Waals surface area contributed by atoms with Crippen molar-refractivity contribution in [3.05, 3.63) is 47.8 Å². The number of aromatic nitrogens is 3. The number of benzene rings is 1. The minimum Gasteiger partial charge on any atom is -0.338 e. The molecule has 2 heterocycles. The molecule has 0 aliphatic carbocycles. The summed E-state index contributed by atoms with van der Waals surface area (Å²) in [6.07, 6.45) is 1.67. The molecule has 2 unspecified atom stereocenters. The summed E-state index contributed by atoms with van der Waals surface area (Å²) in [5.41, 5.74) is 6.84. The van der Waals surface area contributed by atoms with Crippen molar-refractivity contribution in [2.75, 3.05) is 13.6 Å². The van der Waals surface area contributed by atoms with E-state index < -0.39 is 0 Å². The summed E-state index contributed by atoms with van der Waals surface area (Å²) < 4.78 is 15.5. The van der Waals surface area contributed by atoms with Crippen LogP contribution in [-0.4, -0.2) is 39.2 Å². The highest BCUT2D eigenvalue weighted by Crippen LogP contribution is 2.27. The van der Waals surface area contributed by atoms with Gasteiger partial charge in [0.25, 0.3) is 0 Å². The normalized spacial score (nSPS) is 20.2. The fourth-order valence-electron chi connectivity index (χ4n) is 3.13. The third-order valence-corrected chi connectivity index (χ3v) is 4.47. The van der Waals surface area contributed by atoms with Gasteiger partial charge in [-0.2, -0.15) is 0 Å². The molecular formula is C17H23FN6O. The molecule has 8 heteroatoms. The molecule has 2 aromatic rings. The molecule has 2 N–H and O–H groups in total. The third kappa shape index (κ3) is 3.69.